The number of hydrogen-bond donors (Lipinski definition) is 8. The highest BCUT2D eigenvalue weighted by molar-refractivity contribution is 6.22. The minimum atomic E-state index is -1.81. The lowest BCUT2D eigenvalue weighted by atomic mass is 9.63. The van der Waals surface area contributed by atoms with Crippen LogP contribution in [0.3, 0.4) is 0 Å². The van der Waals surface area contributed by atoms with Gasteiger partial charge in [0, 0.05) is 55.6 Å². The van der Waals surface area contributed by atoms with E-state index in [0.29, 0.717) is 66.4 Å². The van der Waals surface area contributed by atoms with Gasteiger partial charge in [0.1, 0.15) is 45.4 Å². The summed E-state index contributed by atoms with van der Waals surface area (Å²) in [7, 11) is 0. The maximum atomic E-state index is 14.2. The summed E-state index contributed by atoms with van der Waals surface area (Å²) in [4.78, 5) is 0. The molecule has 0 aromatic heterocycles. The summed E-state index contributed by atoms with van der Waals surface area (Å²) in [5, 5.41) is 117. The van der Waals surface area contributed by atoms with Crippen LogP contribution in [0.15, 0.2) is 328 Å². The van der Waals surface area contributed by atoms with Crippen LogP contribution >= 0.6 is 0 Å². The summed E-state index contributed by atoms with van der Waals surface area (Å²) in [5.41, 5.74) is 7.61. The van der Waals surface area contributed by atoms with Crippen LogP contribution in [-0.2, 0) is 22.4 Å². The zero-order valence-electron chi connectivity index (χ0n) is 57.8. The molecule has 0 radical (unpaired) electrons. The molecule has 2 atom stereocenters. The fourth-order valence-electron chi connectivity index (χ4n) is 19.4. The Morgan fingerprint density at radius 3 is 0.639 bits per heavy atom. The second-order valence-electron chi connectivity index (χ2n) is 29.5. The predicted molar refractivity (Wildman–Crippen MR) is 433 cm³/mol. The number of fused-ring (bicyclic) bond motifs is 21. The van der Waals surface area contributed by atoms with E-state index in [1.54, 1.807) is 24.3 Å². The maximum absolute atomic E-state index is 14.2. The van der Waals surface area contributed by atoms with Crippen molar-refractivity contribution >= 4 is 97.0 Å². The molecule has 0 spiro atoms. The third-order valence-electron chi connectivity index (χ3n) is 24.4. The molecule has 19 aromatic rings. The first-order valence-corrected chi connectivity index (χ1v) is 36.4. The van der Waals surface area contributed by atoms with Crippen LogP contribution in [0.25, 0.3) is 141 Å². The van der Waals surface area contributed by atoms with E-state index < -0.39 is 22.4 Å². The minimum Gasteiger partial charge on any atom is -0.507 e. The SMILES string of the molecule is Oc1ccc2c(ccc3cc(C4(O)c5ccccc5-c5ccccc54)ccc32)c1-c1c(O)ccc2c1ccc1cc(C3(O)c4ccccc4C(O)(c4ccc5c(ccc6c(-c7c(O)ccc8c7ccc7cc(C9(O)c%10ccccc%10-c%10ccccc%109)ccc78)c(O)ccc65)c4)c4cc5ccccc5cc43)ccc12. The Balaban J connectivity index is 0.639. The largest absolute Gasteiger partial charge is 0.507 e. The summed E-state index contributed by atoms with van der Waals surface area (Å²) in [6.45, 7) is 0. The Morgan fingerprint density at radius 1 is 0.157 bits per heavy atom. The van der Waals surface area contributed by atoms with Crippen molar-refractivity contribution in [2.45, 2.75) is 22.4 Å². The molecule has 0 aliphatic heterocycles. The highest BCUT2D eigenvalue weighted by atomic mass is 16.3. The monoisotopic (exact) mass is 1390 g/mol. The van der Waals surface area contributed by atoms with Gasteiger partial charge in [0.15, 0.2) is 0 Å². The van der Waals surface area contributed by atoms with E-state index in [4.69, 9.17) is 0 Å². The smallest absolute Gasteiger partial charge is 0.141 e. The predicted octanol–water partition coefficient (Wildman–Crippen LogP) is 21.6. The van der Waals surface area contributed by atoms with E-state index in [1.807, 2.05) is 267 Å². The molecule has 2 unspecified atom stereocenters. The van der Waals surface area contributed by atoms with Crippen molar-refractivity contribution in [1.82, 2.24) is 0 Å². The lowest BCUT2D eigenvalue weighted by molar-refractivity contribution is 0.0752. The lowest BCUT2D eigenvalue weighted by Gasteiger charge is -2.45. The Bertz CT molecular complexity index is 6750. The number of rotatable bonds is 6. The van der Waals surface area contributed by atoms with E-state index in [1.165, 1.54) is 0 Å². The fraction of sp³-hybridized carbons (Fsp3) is 0.0400. The van der Waals surface area contributed by atoms with E-state index in [0.717, 1.165) is 142 Å². The molecule has 8 heteroatoms. The van der Waals surface area contributed by atoms with E-state index >= 15 is 0 Å². The molecule has 0 fully saturated rings. The number of benzene rings is 19. The van der Waals surface area contributed by atoms with Crippen molar-refractivity contribution in [2.24, 2.45) is 0 Å². The average molecular weight is 1390 g/mol. The number of aromatic hydroxyl groups is 4. The van der Waals surface area contributed by atoms with Gasteiger partial charge in [-0.05, 0) is 213 Å². The normalized spacial score (nSPS) is 16.5. The van der Waals surface area contributed by atoms with Gasteiger partial charge < -0.3 is 40.9 Å². The Kier molecular flexibility index (Phi) is 12.7. The van der Waals surface area contributed by atoms with E-state index in [2.05, 4.69) is 36.4 Å². The van der Waals surface area contributed by atoms with E-state index in [9.17, 15) is 40.9 Å². The van der Waals surface area contributed by atoms with Crippen molar-refractivity contribution in [3.05, 3.63) is 394 Å². The first kappa shape index (κ1) is 62.0. The number of aliphatic hydroxyl groups is 4. The summed E-state index contributed by atoms with van der Waals surface area (Å²) in [5.74, 6) is 0.0145. The molecule has 108 heavy (non-hydrogen) atoms. The molecule has 510 valence electrons. The van der Waals surface area contributed by atoms with Crippen LogP contribution in [0.5, 0.6) is 23.0 Å². The Hall–Kier alpha value is -13.4. The zero-order chi connectivity index (χ0) is 72.4. The van der Waals surface area contributed by atoms with Crippen LogP contribution in [0, 0.1) is 0 Å². The molecule has 0 amide bonds. The average Bonchev–Trinajstić information content (AvgIpc) is 0.989. The topological polar surface area (TPSA) is 162 Å². The van der Waals surface area contributed by atoms with Crippen LogP contribution in [-0.4, -0.2) is 40.9 Å². The van der Waals surface area contributed by atoms with Crippen LogP contribution in [0.4, 0.5) is 0 Å². The molecule has 8 N–H and O–H groups in total. The van der Waals surface area contributed by atoms with Gasteiger partial charge >= 0.3 is 0 Å². The van der Waals surface area contributed by atoms with Gasteiger partial charge in [-0.2, -0.15) is 0 Å². The fourth-order valence-corrected chi connectivity index (χ4v) is 19.4. The number of phenols is 4. The van der Waals surface area contributed by atoms with Crippen molar-refractivity contribution in [1.29, 1.82) is 0 Å². The second-order valence-corrected chi connectivity index (χ2v) is 29.5. The minimum absolute atomic E-state index is 0.000132. The van der Waals surface area contributed by atoms with Gasteiger partial charge in [0.25, 0.3) is 0 Å². The van der Waals surface area contributed by atoms with Gasteiger partial charge in [-0.1, -0.05) is 267 Å². The van der Waals surface area contributed by atoms with E-state index in [-0.39, 0.29) is 23.0 Å². The standard InChI is InChI=1S/C100H62O8/c101-89-45-41-69-65-37-29-61(97(105)81-19-7-3-15-73(81)74-16-4-8-20-82(74)97)49-57(65)25-33-77(69)93(89)95-79-35-27-59-51-63(31-39-67(59)71(79)43-47-91(95)103)99(107)85-23-11-12-24-86(85)100(108,88-54-56-14-2-1-13-55(56)53-87(88)99)64-32-40-68-60(52-64)28-36-80-72(68)44-48-92(104)96(80)94-78-34-26-58-50-62(30-38-66(58)70(78)42-46-90(94)102)98(106)83-21-9-5-17-75(83)76-18-6-10-22-84(76)98/h1-54,101-108H. The Morgan fingerprint density at radius 2 is 0.370 bits per heavy atom. The van der Waals surface area contributed by atoms with Gasteiger partial charge in [-0.25, -0.2) is 0 Å². The maximum Gasteiger partial charge on any atom is 0.141 e. The number of phenolic OH excluding ortho intramolecular Hbond substituents is 4. The first-order chi connectivity index (χ1) is 52.7. The Labute approximate surface area is 618 Å². The summed E-state index contributed by atoms with van der Waals surface area (Å²) in [6, 6.07) is 106. The van der Waals surface area contributed by atoms with Crippen LogP contribution in [0.1, 0.15) is 66.8 Å². The molecule has 3 aliphatic carbocycles. The van der Waals surface area contributed by atoms with Crippen LogP contribution in [0.2, 0.25) is 0 Å². The van der Waals surface area contributed by atoms with Crippen molar-refractivity contribution in [2.75, 3.05) is 0 Å². The van der Waals surface area contributed by atoms with Crippen molar-refractivity contribution in [3.8, 4) is 67.5 Å². The third-order valence-corrected chi connectivity index (χ3v) is 24.4. The zero-order valence-corrected chi connectivity index (χ0v) is 57.8. The molecule has 0 saturated carbocycles. The molecular weight excluding hydrogens is 1330 g/mol. The molecule has 0 heterocycles. The molecule has 0 bridgehead atoms. The van der Waals surface area contributed by atoms with Crippen molar-refractivity contribution in [3.63, 3.8) is 0 Å². The molecule has 22 rings (SSSR count). The van der Waals surface area contributed by atoms with Crippen molar-refractivity contribution < 1.29 is 40.9 Å². The van der Waals surface area contributed by atoms with Gasteiger partial charge in [-0.3, -0.25) is 0 Å². The summed E-state index contributed by atoms with van der Waals surface area (Å²) >= 11 is 0. The van der Waals surface area contributed by atoms with Crippen LogP contribution < -0.4 is 0 Å². The molecule has 8 nitrogen and oxygen atoms in total. The molecule has 19 aromatic carbocycles. The molecule has 0 saturated heterocycles. The molecular formula is C100H62O8. The second kappa shape index (κ2) is 22.1. The lowest BCUT2D eigenvalue weighted by Crippen LogP contribution is -2.44. The summed E-state index contributed by atoms with van der Waals surface area (Å²) in [6.07, 6.45) is 0. The van der Waals surface area contributed by atoms with Gasteiger partial charge in [0.2, 0.25) is 0 Å². The van der Waals surface area contributed by atoms with Gasteiger partial charge in [0.05, 0.1) is 0 Å². The summed E-state index contributed by atoms with van der Waals surface area (Å²) < 4.78 is 0. The first-order valence-electron chi connectivity index (χ1n) is 36.4. The molecule has 3 aliphatic rings. The van der Waals surface area contributed by atoms with Gasteiger partial charge in [-0.15, -0.1) is 0 Å². The quantitative estimate of drug-likeness (QED) is 0.0764. The third kappa shape index (κ3) is 8.15. The number of hydrogen-bond acceptors (Lipinski definition) is 8. The highest BCUT2D eigenvalue weighted by Gasteiger charge is 2.52. The highest BCUT2D eigenvalue weighted by Crippen LogP contribution is 2.58.